The lowest BCUT2D eigenvalue weighted by atomic mass is 10.0. The second-order valence-electron chi connectivity index (χ2n) is 8.43. The summed E-state index contributed by atoms with van der Waals surface area (Å²) in [5.41, 5.74) is 3.58. The minimum absolute atomic E-state index is 0.0266. The van der Waals surface area contributed by atoms with E-state index in [-0.39, 0.29) is 5.88 Å². The zero-order valence-corrected chi connectivity index (χ0v) is 20.5. The summed E-state index contributed by atoms with van der Waals surface area (Å²) in [6.45, 7) is 1.64. The van der Waals surface area contributed by atoms with Crippen LogP contribution in [0.4, 0.5) is 5.69 Å². The summed E-state index contributed by atoms with van der Waals surface area (Å²) in [4.78, 5) is 10.1. The predicted octanol–water partition coefficient (Wildman–Crippen LogP) is 5.39. The minimum atomic E-state index is 0.0266. The maximum absolute atomic E-state index is 10.9. The molecule has 0 unspecified atom stereocenters. The average Bonchev–Trinajstić information content (AvgIpc) is 3.19. The highest BCUT2D eigenvalue weighted by molar-refractivity contribution is 6.22. The molecule has 0 fully saturated rings. The SMILES string of the molecule is COc1cc2[nH]c(O)c(C(=Nc3ccc(OCCCN(C)C)cc3)c3ccccc3)c2cc1OC. The summed E-state index contributed by atoms with van der Waals surface area (Å²) in [7, 11) is 7.27. The van der Waals surface area contributed by atoms with Gasteiger partial charge in [-0.3, -0.25) is 0 Å². The summed E-state index contributed by atoms with van der Waals surface area (Å²) in [6, 6.07) is 21.1. The number of aromatic amines is 1. The molecule has 1 heterocycles. The van der Waals surface area contributed by atoms with Crippen LogP contribution in [0.25, 0.3) is 10.9 Å². The summed E-state index contributed by atoms with van der Waals surface area (Å²) in [6.07, 6.45) is 0.957. The molecule has 3 aromatic carbocycles. The van der Waals surface area contributed by atoms with Gasteiger partial charge < -0.3 is 29.2 Å². The van der Waals surface area contributed by atoms with Crippen molar-refractivity contribution in [1.82, 2.24) is 9.88 Å². The van der Waals surface area contributed by atoms with Crippen LogP contribution in [0.3, 0.4) is 0 Å². The first-order chi connectivity index (χ1) is 17.0. The van der Waals surface area contributed by atoms with Crippen molar-refractivity contribution in [2.24, 2.45) is 4.99 Å². The Morgan fingerprint density at radius 2 is 1.63 bits per heavy atom. The van der Waals surface area contributed by atoms with E-state index in [2.05, 4.69) is 24.0 Å². The molecule has 0 amide bonds. The number of benzene rings is 3. The van der Waals surface area contributed by atoms with Crippen LogP contribution in [-0.4, -0.2) is 62.2 Å². The van der Waals surface area contributed by atoms with Crippen molar-refractivity contribution < 1.29 is 19.3 Å². The van der Waals surface area contributed by atoms with Gasteiger partial charge in [0.15, 0.2) is 17.4 Å². The van der Waals surface area contributed by atoms with Crippen molar-refractivity contribution in [3.05, 3.63) is 77.9 Å². The second kappa shape index (κ2) is 11.0. The monoisotopic (exact) mass is 473 g/mol. The first-order valence-electron chi connectivity index (χ1n) is 11.5. The number of aromatic hydroxyl groups is 1. The first-order valence-corrected chi connectivity index (χ1v) is 11.5. The van der Waals surface area contributed by atoms with Gasteiger partial charge >= 0.3 is 0 Å². The smallest absolute Gasteiger partial charge is 0.199 e. The quantitative estimate of drug-likeness (QED) is 0.238. The van der Waals surface area contributed by atoms with Crippen LogP contribution in [0.15, 0.2) is 71.7 Å². The minimum Gasteiger partial charge on any atom is -0.494 e. The second-order valence-corrected chi connectivity index (χ2v) is 8.43. The molecule has 0 atom stereocenters. The van der Waals surface area contributed by atoms with Crippen molar-refractivity contribution in [3.8, 4) is 23.1 Å². The zero-order chi connectivity index (χ0) is 24.8. The average molecular weight is 474 g/mol. The van der Waals surface area contributed by atoms with E-state index in [1.165, 1.54) is 0 Å². The molecule has 182 valence electrons. The van der Waals surface area contributed by atoms with Gasteiger partial charge in [-0.25, -0.2) is 4.99 Å². The Morgan fingerprint density at radius 3 is 2.29 bits per heavy atom. The number of hydrogen-bond donors (Lipinski definition) is 2. The van der Waals surface area contributed by atoms with E-state index in [0.717, 1.165) is 40.9 Å². The summed E-state index contributed by atoms with van der Waals surface area (Å²) in [5, 5.41) is 11.7. The van der Waals surface area contributed by atoms with Gasteiger partial charge in [0.25, 0.3) is 0 Å². The molecule has 7 heteroatoms. The number of rotatable bonds is 10. The van der Waals surface area contributed by atoms with Crippen molar-refractivity contribution in [2.45, 2.75) is 6.42 Å². The molecule has 0 spiro atoms. The largest absolute Gasteiger partial charge is 0.494 e. The fourth-order valence-corrected chi connectivity index (χ4v) is 3.92. The summed E-state index contributed by atoms with van der Waals surface area (Å²) < 4.78 is 16.8. The number of methoxy groups -OCH3 is 2. The lowest BCUT2D eigenvalue weighted by Gasteiger charge is -2.11. The molecule has 0 bridgehead atoms. The van der Waals surface area contributed by atoms with E-state index in [9.17, 15) is 5.11 Å². The fourth-order valence-electron chi connectivity index (χ4n) is 3.92. The van der Waals surface area contributed by atoms with E-state index in [1.807, 2.05) is 66.7 Å². The van der Waals surface area contributed by atoms with Crippen LogP contribution >= 0.6 is 0 Å². The Bertz CT molecular complexity index is 1300. The van der Waals surface area contributed by atoms with Crippen molar-refractivity contribution in [2.75, 3.05) is 41.5 Å². The number of aromatic nitrogens is 1. The van der Waals surface area contributed by atoms with Crippen LogP contribution < -0.4 is 14.2 Å². The Kier molecular flexibility index (Phi) is 7.57. The number of nitrogens with zero attached hydrogens (tertiary/aromatic N) is 2. The van der Waals surface area contributed by atoms with Crippen LogP contribution in [0, 0.1) is 0 Å². The standard InChI is InChI=1S/C28H31N3O4/c1-31(2)15-8-16-35-21-13-11-20(12-14-21)29-27(19-9-6-5-7-10-19)26-22-17-24(33-3)25(34-4)18-23(22)30-28(26)32/h5-7,9-14,17-18,30,32H,8,15-16H2,1-4H3. The van der Waals surface area contributed by atoms with Crippen LogP contribution in [0.1, 0.15) is 17.5 Å². The number of hydrogen-bond acceptors (Lipinski definition) is 6. The Balaban J connectivity index is 1.73. The molecule has 7 nitrogen and oxygen atoms in total. The fraction of sp³-hybridized carbons (Fsp3) is 0.250. The third-order valence-corrected chi connectivity index (χ3v) is 5.66. The van der Waals surface area contributed by atoms with Crippen molar-refractivity contribution in [3.63, 3.8) is 0 Å². The molecule has 0 aliphatic heterocycles. The first kappa shape index (κ1) is 24.2. The number of aliphatic imine (C=N–C) groups is 1. The van der Waals surface area contributed by atoms with E-state index < -0.39 is 0 Å². The van der Waals surface area contributed by atoms with Crippen molar-refractivity contribution >= 4 is 22.3 Å². The number of H-pyrrole nitrogens is 1. The van der Waals surface area contributed by atoms with Crippen molar-refractivity contribution in [1.29, 1.82) is 0 Å². The Hall–Kier alpha value is -3.97. The third-order valence-electron chi connectivity index (χ3n) is 5.66. The molecule has 0 radical (unpaired) electrons. The molecule has 4 rings (SSSR count). The van der Waals surface area contributed by atoms with E-state index in [1.54, 1.807) is 14.2 Å². The molecule has 0 saturated carbocycles. The van der Waals surface area contributed by atoms with Gasteiger partial charge in [-0.05, 0) is 50.8 Å². The highest BCUT2D eigenvalue weighted by Gasteiger charge is 2.21. The molecule has 4 aromatic rings. The Labute approximate surface area is 205 Å². The van der Waals surface area contributed by atoms with E-state index >= 15 is 0 Å². The molecular formula is C28H31N3O4. The third kappa shape index (κ3) is 5.58. The van der Waals surface area contributed by atoms with Gasteiger partial charge in [-0.1, -0.05) is 30.3 Å². The van der Waals surface area contributed by atoms with Gasteiger partial charge in [-0.15, -0.1) is 0 Å². The zero-order valence-electron chi connectivity index (χ0n) is 20.5. The number of nitrogens with one attached hydrogen (secondary N) is 1. The molecule has 0 aliphatic carbocycles. The highest BCUT2D eigenvalue weighted by Crippen LogP contribution is 2.38. The van der Waals surface area contributed by atoms with Gasteiger partial charge in [0.2, 0.25) is 0 Å². The van der Waals surface area contributed by atoms with Gasteiger partial charge in [0.1, 0.15) is 5.75 Å². The predicted molar refractivity (Wildman–Crippen MR) is 140 cm³/mol. The normalized spacial score (nSPS) is 11.7. The molecule has 1 aromatic heterocycles. The molecular weight excluding hydrogens is 442 g/mol. The van der Waals surface area contributed by atoms with Gasteiger partial charge in [-0.2, -0.15) is 0 Å². The summed E-state index contributed by atoms with van der Waals surface area (Å²) >= 11 is 0. The number of ether oxygens (including phenoxy) is 3. The van der Waals surface area contributed by atoms with Gasteiger partial charge in [0.05, 0.1) is 43.3 Å². The lowest BCUT2D eigenvalue weighted by molar-refractivity contribution is 0.281. The summed E-state index contributed by atoms with van der Waals surface area (Å²) in [5.74, 6) is 1.98. The lowest BCUT2D eigenvalue weighted by Crippen LogP contribution is -2.15. The highest BCUT2D eigenvalue weighted by atomic mass is 16.5. The molecule has 35 heavy (non-hydrogen) atoms. The van der Waals surface area contributed by atoms with Crippen LogP contribution in [0.5, 0.6) is 23.1 Å². The Morgan fingerprint density at radius 1 is 0.943 bits per heavy atom. The molecule has 0 aliphatic rings. The topological polar surface area (TPSA) is 79.3 Å². The van der Waals surface area contributed by atoms with Gasteiger partial charge in [0, 0.05) is 23.6 Å². The van der Waals surface area contributed by atoms with Crippen LogP contribution in [-0.2, 0) is 0 Å². The maximum atomic E-state index is 10.9. The van der Waals surface area contributed by atoms with Crippen LogP contribution in [0.2, 0.25) is 0 Å². The van der Waals surface area contributed by atoms with E-state index in [4.69, 9.17) is 19.2 Å². The maximum Gasteiger partial charge on any atom is 0.199 e. The van der Waals surface area contributed by atoms with E-state index in [0.29, 0.717) is 29.4 Å². The number of fused-ring (bicyclic) bond motifs is 1. The molecule has 2 N–H and O–H groups in total. The molecule has 0 saturated heterocycles.